The first kappa shape index (κ1) is 22.5. The second-order valence-corrected chi connectivity index (χ2v) is 9.62. The summed E-state index contributed by atoms with van der Waals surface area (Å²) in [4.78, 5) is 42.0. The van der Waals surface area contributed by atoms with Gasteiger partial charge in [-0.2, -0.15) is 0 Å². The molecule has 2 heterocycles. The summed E-state index contributed by atoms with van der Waals surface area (Å²) in [6, 6.07) is 20.8. The van der Waals surface area contributed by atoms with Crippen LogP contribution in [0.5, 0.6) is 0 Å². The molecule has 7 heteroatoms. The van der Waals surface area contributed by atoms with Gasteiger partial charge in [0.25, 0.3) is 11.8 Å². The van der Waals surface area contributed by atoms with Crippen molar-refractivity contribution in [1.29, 1.82) is 0 Å². The number of halogens is 1. The van der Waals surface area contributed by atoms with Crippen molar-refractivity contribution in [2.75, 3.05) is 4.90 Å². The summed E-state index contributed by atoms with van der Waals surface area (Å²) >= 11 is 3.40. The van der Waals surface area contributed by atoms with Crippen LogP contribution in [0.3, 0.4) is 0 Å². The van der Waals surface area contributed by atoms with Crippen LogP contribution in [-0.2, 0) is 16.0 Å². The molecule has 5 rings (SSSR count). The highest BCUT2D eigenvalue weighted by Crippen LogP contribution is 2.42. The van der Waals surface area contributed by atoms with Gasteiger partial charge in [-0.05, 0) is 54.8 Å². The van der Waals surface area contributed by atoms with Crippen molar-refractivity contribution < 1.29 is 14.4 Å². The maximum atomic E-state index is 13.7. The van der Waals surface area contributed by atoms with E-state index in [1.54, 1.807) is 30.3 Å². The average Bonchev–Trinajstić information content (AvgIpc) is 3.36. The molecule has 0 saturated carbocycles. The number of aryl methyl sites for hydroxylation is 2. The summed E-state index contributed by atoms with van der Waals surface area (Å²) in [7, 11) is 0. The third-order valence-electron chi connectivity index (χ3n) is 6.56. The number of benzene rings is 3. The van der Waals surface area contributed by atoms with E-state index in [1.807, 2.05) is 49.4 Å². The number of carbonyl (C=O) groups is 3. The number of amides is 3. The Morgan fingerprint density at radius 3 is 2.32 bits per heavy atom. The molecule has 0 spiro atoms. The Morgan fingerprint density at radius 2 is 1.68 bits per heavy atom. The molecule has 3 amide bonds. The topological polar surface area (TPSA) is 69.7 Å². The molecule has 6 nitrogen and oxygen atoms in total. The summed E-state index contributed by atoms with van der Waals surface area (Å²) in [5, 5.41) is 1.35. The number of hydrazine groups is 1. The predicted molar refractivity (Wildman–Crippen MR) is 133 cm³/mol. The second kappa shape index (κ2) is 8.81. The summed E-state index contributed by atoms with van der Waals surface area (Å²) in [6.45, 7) is 4.03. The van der Waals surface area contributed by atoms with E-state index < -0.39 is 23.9 Å². The predicted octanol–water partition coefficient (Wildman–Crippen LogP) is 4.58. The number of carbonyl (C=O) groups excluding carboxylic acids is 3. The zero-order chi connectivity index (χ0) is 24.0. The smallest absolute Gasteiger partial charge is 0.268 e. The molecule has 0 aromatic heterocycles. The van der Waals surface area contributed by atoms with Gasteiger partial charge >= 0.3 is 0 Å². The van der Waals surface area contributed by atoms with Gasteiger partial charge in [0.05, 0.1) is 17.6 Å². The molecule has 3 aromatic carbocycles. The SMILES string of the molecule is CCc1ccc([C@@H]2NN(C(=O)c3cccc(Br)c3)[C@@H]3C(=O)N(c4ccc(C)cc4)C(=O)[C@H]32)cc1. The van der Waals surface area contributed by atoms with Gasteiger partial charge < -0.3 is 0 Å². The van der Waals surface area contributed by atoms with Crippen molar-refractivity contribution in [2.45, 2.75) is 32.4 Å². The Hall–Kier alpha value is -3.29. The molecule has 172 valence electrons. The van der Waals surface area contributed by atoms with Crippen LogP contribution in [-0.4, -0.2) is 28.8 Å². The molecule has 0 radical (unpaired) electrons. The standard InChI is InChI=1S/C27H24BrN3O3/c1-3-17-9-11-18(12-10-17)23-22-24(31(29-23)25(32)19-5-4-6-20(28)15-19)27(34)30(26(22)33)21-13-7-16(2)8-14-21/h4-15,22-24,29H,3H2,1-2H3/t22-,23-,24-/m0/s1. The van der Waals surface area contributed by atoms with Gasteiger partial charge in [-0.15, -0.1) is 0 Å². The first-order valence-corrected chi connectivity index (χ1v) is 12.1. The monoisotopic (exact) mass is 517 g/mol. The van der Waals surface area contributed by atoms with Gasteiger partial charge in [-0.1, -0.05) is 70.9 Å². The van der Waals surface area contributed by atoms with E-state index in [0.717, 1.165) is 22.0 Å². The number of nitrogens with zero attached hydrogens (tertiary/aromatic N) is 2. The van der Waals surface area contributed by atoms with Gasteiger partial charge in [0, 0.05) is 10.0 Å². The lowest BCUT2D eigenvalue weighted by molar-refractivity contribution is -0.123. The van der Waals surface area contributed by atoms with Crippen LogP contribution in [0.4, 0.5) is 5.69 Å². The Morgan fingerprint density at radius 1 is 0.971 bits per heavy atom. The number of hydrogen-bond acceptors (Lipinski definition) is 4. The van der Waals surface area contributed by atoms with Gasteiger partial charge in [-0.3, -0.25) is 19.4 Å². The van der Waals surface area contributed by atoms with E-state index in [2.05, 4.69) is 28.3 Å². The van der Waals surface area contributed by atoms with Gasteiger partial charge in [-0.25, -0.2) is 10.3 Å². The van der Waals surface area contributed by atoms with E-state index in [9.17, 15) is 14.4 Å². The Bertz CT molecular complexity index is 1270. The summed E-state index contributed by atoms with van der Waals surface area (Å²) in [6.07, 6.45) is 0.899. The fraction of sp³-hybridized carbons (Fsp3) is 0.222. The van der Waals surface area contributed by atoms with E-state index in [0.29, 0.717) is 11.3 Å². The van der Waals surface area contributed by atoms with E-state index in [-0.39, 0.29) is 11.8 Å². The first-order valence-electron chi connectivity index (χ1n) is 11.3. The van der Waals surface area contributed by atoms with E-state index in [4.69, 9.17) is 0 Å². The Kier molecular flexibility index (Phi) is 5.83. The Balaban J connectivity index is 1.57. The molecule has 0 unspecified atom stereocenters. The average molecular weight is 518 g/mol. The molecule has 2 fully saturated rings. The van der Waals surface area contributed by atoms with Crippen molar-refractivity contribution in [3.05, 3.63) is 99.5 Å². The van der Waals surface area contributed by atoms with Gasteiger partial charge in [0.2, 0.25) is 5.91 Å². The van der Waals surface area contributed by atoms with Crippen LogP contribution in [0.1, 0.15) is 40.0 Å². The number of fused-ring (bicyclic) bond motifs is 1. The number of nitrogens with one attached hydrogen (secondary N) is 1. The lowest BCUT2D eigenvalue weighted by Crippen LogP contribution is -2.48. The normalized spacial score (nSPS) is 21.8. The highest BCUT2D eigenvalue weighted by molar-refractivity contribution is 9.10. The molecule has 0 aliphatic carbocycles. The van der Waals surface area contributed by atoms with Crippen LogP contribution < -0.4 is 10.3 Å². The zero-order valence-electron chi connectivity index (χ0n) is 18.9. The minimum absolute atomic E-state index is 0.305. The van der Waals surface area contributed by atoms with Crippen molar-refractivity contribution in [3.63, 3.8) is 0 Å². The minimum Gasteiger partial charge on any atom is -0.274 e. The largest absolute Gasteiger partial charge is 0.274 e. The molecule has 3 atom stereocenters. The van der Waals surface area contributed by atoms with Crippen LogP contribution in [0.25, 0.3) is 0 Å². The van der Waals surface area contributed by atoms with E-state index >= 15 is 0 Å². The molecule has 3 aromatic rings. The highest BCUT2D eigenvalue weighted by atomic mass is 79.9. The number of imide groups is 1. The van der Waals surface area contributed by atoms with Crippen LogP contribution in [0, 0.1) is 12.8 Å². The zero-order valence-corrected chi connectivity index (χ0v) is 20.5. The molecular weight excluding hydrogens is 494 g/mol. The fourth-order valence-electron chi connectivity index (χ4n) is 4.72. The number of hydrogen-bond donors (Lipinski definition) is 1. The van der Waals surface area contributed by atoms with Crippen LogP contribution in [0.2, 0.25) is 0 Å². The molecular formula is C27H24BrN3O3. The highest BCUT2D eigenvalue weighted by Gasteiger charge is 2.60. The molecule has 2 aliphatic heterocycles. The molecule has 2 saturated heterocycles. The fourth-order valence-corrected chi connectivity index (χ4v) is 5.12. The quantitative estimate of drug-likeness (QED) is 0.514. The first-order chi connectivity index (χ1) is 16.4. The van der Waals surface area contributed by atoms with Crippen molar-refractivity contribution in [2.24, 2.45) is 5.92 Å². The molecule has 34 heavy (non-hydrogen) atoms. The maximum Gasteiger partial charge on any atom is 0.268 e. The lowest BCUT2D eigenvalue weighted by Gasteiger charge is -2.25. The third-order valence-corrected chi connectivity index (χ3v) is 7.06. The van der Waals surface area contributed by atoms with Crippen molar-refractivity contribution in [1.82, 2.24) is 10.4 Å². The van der Waals surface area contributed by atoms with Gasteiger partial charge in [0.1, 0.15) is 6.04 Å². The number of rotatable bonds is 4. The second-order valence-electron chi connectivity index (χ2n) is 8.71. The summed E-state index contributed by atoms with van der Waals surface area (Å²) in [5.74, 6) is -1.78. The maximum absolute atomic E-state index is 13.7. The summed E-state index contributed by atoms with van der Waals surface area (Å²) in [5.41, 5.74) is 7.23. The van der Waals surface area contributed by atoms with Crippen LogP contribution >= 0.6 is 15.9 Å². The minimum atomic E-state index is -0.934. The Labute approximate surface area is 206 Å². The van der Waals surface area contributed by atoms with Crippen molar-refractivity contribution >= 4 is 39.3 Å². The van der Waals surface area contributed by atoms with Crippen molar-refractivity contribution in [3.8, 4) is 0 Å². The summed E-state index contributed by atoms with van der Waals surface area (Å²) < 4.78 is 0.760. The lowest BCUT2D eigenvalue weighted by atomic mass is 9.90. The third kappa shape index (κ3) is 3.75. The van der Waals surface area contributed by atoms with Crippen LogP contribution in [0.15, 0.2) is 77.3 Å². The molecule has 0 bridgehead atoms. The van der Waals surface area contributed by atoms with E-state index in [1.165, 1.54) is 15.5 Å². The molecule has 2 aliphatic rings. The van der Waals surface area contributed by atoms with Gasteiger partial charge in [0.15, 0.2) is 0 Å². The number of anilines is 1. The molecule has 1 N–H and O–H groups in total.